The second-order valence-corrected chi connectivity index (χ2v) is 11.4. The fraction of sp³-hybridized carbons (Fsp3) is 0.423. The summed E-state index contributed by atoms with van der Waals surface area (Å²) in [5.41, 5.74) is 1.34. The molecule has 0 aromatic heterocycles. The van der Waals surface area contributed by atoms with Gasteiger partial charge in [-0.2, -0.15) is 4.31 Å². The molecule has 2 heterocycles. The van der Waals surface area contributed by atoms with Crippen molar-refractivity contribution >= 4 is 27.7 Å². The predicted octanol–water partition coefficient (Wildman–Crippen LogP) is 3.19. The summed E-state index contributed by atoms with van der Waals surface area (Å²) in [4.78, 5) is 40.3. The van der Waals surface area contributed by atoms with Gasteiger partial charge in [-0.15, -0.1) is 0 Å². The number of carbonyl (C=O) groups is 3. The minimum Gasteiger partial charge on any atom is -0.350 e. The van der Waals surface area contributed by atoms with Crippen LogP contribution in [0, 0.1) is 5.92 Å². The SMILES string of the molecule is CC(C)C[C@@H](C(=O)NCc1ccc(S(=O)(=O)N2CCCCC2)cc1)N1C(=O)c2ccccc2C1=O. The number of imide groups is 1. The molecule has 0 bridgehead atoms. The van der Waals surface area contributed by atoms with Crippen LogP contribution in [-0.4, -0.2) is 54.5 Å². The number of fused-ring (bicyclic) bond motifs is 1. The Morgan fingerprint density at radius 1 is 0.914 bits per heavy atom. The number of benzene rings is 2. The monoisotopic (exact) mass is 497 g/mol. The summed E-state index contributed by atoms with van der Waals surface area (Å²) in [5, 5.41) is 2.83. The molecule has 2 aliphatic heterocycles. The lowest BCUT2D eigenvalue weighted by Gasteiger charge is -2.27. The number of sulfonamides is 1. The van der Waals surface area contributed by atoms with Gasteiger partial charge < -0.3 is 5.32 Å². The van der Waals surface area contributed by atoms with Gasteiger partial charge in [0.2, 0.25) is 15.9 Å². The normalized spacial score (nSPS) is 17.5. The van der Waals surface area contributed by atoms with Crippen molar-refractivity contribution in [3.05, 3.63) is 65.2 Å². The van der Waals surface area contributed by atoms with Crippen molar-refractivity contribution in [3.63, 3.8) is 0 Å². The number of amides is 3. The van der Waals surface area contributed by atoms with Crippen LogP contribution in [0.25, 0.3) is 0 Å². The fourth-order valence-electron chi connectivity index (χ4n) is 4.61. The van der Waals surface area contributed by atoms with E-state index in [1.807, 2.05) is 13.8 Å². The molecule has 186 valence electrons. The number of rotatable bonds is 8. The number of hydrogen-bond acceptors (Lipinski definition) is 5. The molecule has 1 saturated heterocycles. The molecule has 3 amide bonds. The standard InChI is InChI=1S/C26H31N3O5S/c1-18(2)16-23(29-25(31)21-8-4-5-9-22(21)26(29)32)24(30)27-17-19-10-12-20(13-11-19)35(33,34)28-14-6-3-7-15-28/h4-5,8-13,18,23H,3,6-7,14-17H2,1-2H3,(H,27,30)/t23-/m0/s1. The Bertz CT molecular complexity index is 1180. The molecule has 0 saturated carbocycles. The number of nitrogens with zero attached hydrogens (tertiary/aromatic N) is 2. The molecule has 2 aliphatic rings. The van der Waals surface area contributed by atoms with Crippen molar-refractivity contribution in [2.75, 3.05) is 13.1 Å². The summed E-state index contributed by atoms with van der Waals surface area (Å²) in [7, 11) is -3.52. The summed E-state index contributed by atoms with van der Waals surface area (Å²) < 4.78 is 27.2. The van der Waals surface area contributed by atoms with Gasteiger partial charge in [-0.25, -0.2) is 8.42 Å². The van der Waals surface area contributed by atoms with Crippen molar-refractivity contribution < 1.29 is 22.8 Å². The van der Waals surface area contributed by atoms with Crippen LogP contribution in [0.2, 0.25) is 0 Å². The lowest BCUT2D eigenvalue weighted by Crippen LogP contribution is -2.50. The number of carbonyl (C=O) groups excluding carboxylic acids is 3. The molecule has 35 heavy (non-hydrogen) atoms. The maximum atomic E-state index is 13.2. The summed E-state index contributed by atoms with van der Waals surface area (Å²) in [6.45, 7) is 5.09. The molecule has 1 atom stereocenters. The first-order chi connectivity index (χ1) is 16.7. The van der Waals surface area contributed by atoms with E-state index < -0.39 is 33.8 Å². The summed E-state index contributed by atoms with van der Waals surface area (Å²) in [5.74, 6) is -1.26. The van der Waals surface area contributed by atoms with E-state index in [1.165, 1.54) is 4.31 Å². The Kier molecular flexibility index (Phi) is 7.37. The molecular formula is C26H31N3O5S. The molecule has 0 radical (unpaired) electrons. The van der Waals surface area contributed by atoms with Gasteiger partial charge in [0, 0.05) is 19.6 Å². The summed E-state index contributed by atoms with van der Waals surface area (Å²) in [6, 6.07) is 12.1. The third kappa shape index (κ3) is 5.16. The lowest BCUT2D eigenvalue weighted by atomic mass is 10.0. The first-order valence-corrected chi connectivity index (χ1v) is 13.5. The zero-order chi connectivity index (χ0) is 25.2. The van der Waals surface area contributed by atoms with Gasteiger partial charge in [-0.1, -0.05) is 44.5 Å². The van der Waals surface area contributed by atoms with Crippen LogP contribution in [0.1, 0.15) is 65.8 Å². The van der Waals surface area contributed by atoms with Crippen molar-refractivity contribution in [2.24, 2.45) is 5.92 Å². The molecule has 4 rings (SSSR count). The van der Waals surface area contributed by atoms with Crippen molar-refractivity contribution in [3.8, 4) is 0 Å². The molecule has 0 spiro atoms. The topological polar surface area (TPSA) is 104 Å². The second-order valence-electron chi connectivity index (χ2n) is 9.50. The van der Waals surface area contributed by atoms with Crippen LogP contribution in [0.5, 0.6) is 0 Å². The van der Waals surface area contributed by atoms with Gasteiger partial charge in [0.05, 0.1) is 16.0 Å². The second kappa shape index (κ2) is 10.3. The Morgan fingerprint density at radius 3 is 2.03 bits per heavy atom. The van der Waals surface area contributed by atoms with Crippen LogP contribution in [0.15, 0.2) is 53.4 Å². The van der Waals surface area contributed by atoms with Crippen molar-refractivity contribution in [2.45, 2.75) is 57.0 Å². The smallest absolute Gasteiger partial charge is 0.262 e. The van der Waals surface area contributed by atoms with Gasteiger partial charge in [-0.05, 0) is 55.0 Å². The highest BCUT2D eigenvalue weighted by molar-refractivity contribution is 7.89. The Morgan fingerprint density at radius 2 is 1.49 bits per heavy atom. The lowest BCUT2D eigenvalue weighted by molar-refractivity contribution is -0.125. The Labute approximate surface area is 206 Å². The highest BCUT2D eigenvalue weighted by Crippen LogP contribution is 2.27. The van der Waals surface area contributed by atoms with E-state index in [9.17, 15) is 22.8 Å². The van der Waals surface area contributed by atoms with E-state index in [0.29, 0.717) is 30.6 Å². The van der Waals surface area contributed by atoms with Crippen molar-refractivity contribution in [1.82, 2.24) is 14.5 Å². The average molecular weight is 498 g/mol. The zero-order valence-electron chi connectivity index (χ0n) is 20.1. The molecule has 8 nitrogen and oxygen atoms in total. The van der Waals surface area contributed by atoms with Crippen LogP contribution < -0.4 is 5.32 Å². The van der Waals surface area contributed by atoms with E-state index in [2.05, 4.69) is 5.32 Å². The van der Waals surface area contributed by atoms with Gasteiger partial charge in [0.1, 0.15) is 6.04 Å². The molecule has 1 N–H and O–H groups in total. The highest BCUT2D eigenvalue weighted by atomic mass is 32.2. The minimum atomic E-state index is -3.52. The summed E-state index contributed by atoms with van der Waals surface area (Å²) >= 11 is 0. The van der Waals surface area contributed by atoms with E-state index in [1.54, 1.807) is 48.5 Å². The van der Waals surface area contributed by atoms with Crippen LogP contribution in [0.4, 0.5) is 0 Å². The Hall–Kier alpha value is -3.04. The first kappa shape index (κ1) is 25.1. The van der Waals surface area contributed by atoms with Crippen LogP contribution in [-0.2, 0) is 21.4 Å². The largest absolute Gasteiger partial charge is 0.350 e. The fourth-order valence-corrected chi connectivity index (χ4v) is 6.12. The van der Waals surface area contributed by atoms with E-state index in [0.717, 1.165) is 29.7 Å². The minimum absolute atomic E-state index is 0.0781. The van der Waals surface area contributed by atoms with Crippen LogP contribution >= 0.6 is 0 Å². The maximum absolute atomic E-state index is 13.2. The average Bonchev–Trinajstić information content (AvgIpc) is 3.11. The van der Waals surface area contributed by atoms with Crippen molar-refractivity contribution in [1.29, 1.82) is 0 Å². The third-order valence-electron chi connectivity index (χ3n) is 6.48. The quantitative estimate of drug-likeness (QED) is 0.564. The summed E-state index contributed by atoms with van der Waals surface area (Å²) in [6.07, 6.45) is 3.12. The zero-order valence-corrected chi connectivity index (χ0v) is 20.9. The molecule has 0 aliphatic carbocycles. The van der Waals surface area contributed by atoms with Gasteiger partial charge in [0.25, 0.3) is 11.8 Å². The van der Waals surface area contributed by atoms with Gasteiger partial charge in [0.15, 0.2) is 0 Å². The number of hydrogen-bond donors (Lipinski definition) is 1. The predicted molar refractivity (Wildman–Crippen MR) is 131 cm³/mol. The highest BCUT2D eigenvalue weighted by Gasteiger charge is 2.42. The number of piperidine rings is 1. The third-order valence-corrected chi connectivity index (χ3v) is 8.39. The molecule has 9 heteroatoms. The van der Waals surface area contributed by atoms with Crippen LogP contribution in [0.3, 0.4) is 0 Å². The Balaban J connectivity index is 1.45. The van der Waals surface area contributed by atoms with E-state index >= 15 is 0 Å². The first-order valence-electron chi connectivity index (χ1n) is 12.0. The molecule has 2 aromatic carbocycles. The molecular weight excluding hydrogens is 466 g/mol. The molecule has 2 aromatic rings. The van der Waals surface area contributed by atoms with E-state index in [-0.39, 0.29) is 17.4 Å². The van der Waals surface area contributed by atoms with Gasteiger partial charge >= 0.3 is 0 Å². The molecule has 0 unspecified atom stereocenters. The van der Waals surface area contributed by atoms with E-state index in [4.69, 9.17) is 0 Å². The maximum Gasteiger partial charge on any atom is 0.262 e. The van der Waals surface area contributed by atoms with Gasteiger partial charge in [-0.3, -0.25) is 19.3 Å². The molecule has 1 fully saturated rings. The number of nitrogens with one attached hydrogen (secondary N) is 1.